The van der Waals surface area contributed by atoms with Crippen LogP contribution in [0.5, 0.6) is 0 Å². The highest BCUT2D eigenvalue weighted by molar-refractivity contribution is 7.98. The van der Waals surface area contributed by atoms with Crippen LogP contribution in [0.1, 0.15) is 42.5 Å². The molecule has 0 aliphatic carbocycles. The Morgan fingerprint density at radius 1 is 1.20 bits per heavy atom. The number of benzene rings is 2. The Morgan fingerprint density at radius 2 is 1.90 bits per heavy atom. The number of thioether (sulfide) groups is 1. The zero-order chi connectivity index (χ0) is 21.3. The van der Waals surface area contributed by atoms with Gasteiger partial charge in [0.05, 0.1) is 6.04 Å². The lowest BCUT2D eigenvalue weighted by Crippen LogP contribution is -2.40. The summed E-state index contributed by atoms with van der Waals surface area (Å²) in [7, 11) is 0. The summed E-state index contributed by atoms with van der Waals surface area (Å²) in [5.41, 5.74) is 9.69. The van der Waals surface area contributed by atoms with E-state index in [4.69, 9.17) is 10.8 Å². The Hall–Kier alpha value is -3.06. The molecule has 6 nitrogen and oxygen atoms in total. The van der Waals surface area contributed by atoms with Crippen molar-refractivity contribution in [2.75, 3.05) is 5.32 Å². The maximum absolute atomic E-state index is 12.3. The van der Waals surface area contributed by atoms with Crippen molar-refractivity contribution in [2.45, 2.75) is 36.7 Å². The number of carbonyl (C=O) groups is 1. The van der Waals surface area contributed by atoms with Crippen molar-refractivity contribution < 1.29 is 4.79 Å². The normalized spacial score (nSPS) is 18.2. The number of amides is 1. The van der Waals surface area contributed by atoms with Gasteiger partial charge in [-0.05, 0) is 22.6 Å². The van der Waals surface area contributed by atoms with Crippen LogP contribution in [-0.2, 0) is 10.5 Å². The average molecular weight is 420 g/mol. The third-order valence-electron chi connectivity index (χ3n) is 5.30. The van der Waals surface area contributed by atoms with Crippen molar-refractivity contribution in [1.29, 1.82) is 0 Å². The van der Waals surface area contributed by atoms with E-state index in [0.717, 1.165) is 11.3 Å². The number of hydrogen-bond donors (Lipinski definition) is 2. The maximum atomic E-state index is 12.3. The number of nitrogens with one attached hydrogen (secondary N) is 1. The van der Waals surface area contributed by atoms with Crippen LogP contribution < -0.4 is 11.1 Å². The molecule has 4 rings (SSSR count). The summed E-state index contributed by atoms with van der Waals surface area (Å²) in [6.07, 6.45) is 0. The predicted molar refractivity (Wildman–Crippen MR) is 120 cm³/mol. The van der Waals surface area contributed by atoms with Crippen LogP contribution in [0.15, 0.2) is 72.0 Å². The van der Waals surface area contributed by atoms with Crippen LogP contribution in [-0.4, -0.2) is 20.7 Å². The maximum Gasteiger partial charge on any atom is 0.229 e. The summed E-state index contributed by atoms with van der Waals surface area (Å²) < 4.78 is 1.77. The van der Waals surface area contributed by atoms with E-state index in [1.54, 1.807) is 16.4 Å². The molecule has 30 heavy (non-hydrogen) atoms. The summed E-state index contributed by atoms with van der Waals surface area (Å²) in [4.78, 5) is 16.9. The van der Waals surface area contributed by atoms with Gasteiger partial charge in [0.25, 0.3) is 0 Å². The zero-order valence-corrected chi connectivity index (χ0v) is 17.9. The molecule has 0 saturated carbocycles. The molecule has 154 valence electrons. The van der Waals surface area contributed by atoms with Crippen LogP contribution in [0, 0.1) is 5.92 Å². The molecule has 0 bridgehead atoms. The SMILES string of the molecule is C=C1Nc2nc(SCc3ccccc3)nn2[C@H](c2ccc(C(C)C)cc2)[C@H]1C(N)=O. The number of fused-ring (bicyclic) bond motifs is 1. The summed E-state index contributed by atoms with van der Waals surface area (Å²) in [5.74, 6) is 0.710. The third kappa shape index (κ3) is 3.98. The first-order valence-electron chi connectivity index (χ1n) is 9.92. The molecule has 3 N–H and O–H groups in total. The zero-order valence-electron chi connectivity index (χ0n) is 17.1. The summed E-state index contributed by atoms with van der Waals surface area (Å²) in [6.45, 7) is 8.34. The van der Waals surface area contributed by atoms with Gasteiger partial charge in [0.15, 0.2) is 0 Å². The highest BCUT2D eigenvalue weighted by Gasteiger charge is 2.39. The molecule has 2 atom stereocenters. The number of aromatic nitrogens is 3. The van der Waals surface area contributed by atoms with Crippen LogP contribution in [0.2, 0.25) is 0 Å². The molecule has 0 fully saturated rings. The van der Waals surface area contributed by atoms with Crippen LogP contribution in [0.25, 0.3) is 0 Å². The predicted octanol–water partition coefficient (Wildman–Crippen LogP) is 4.32. The van der Waals surface area contributed by atoms with E-state index in [2.05, 4.69) is 55.0 Å². The van der Waals surface area contributed by atoms with Gasteiger partial charge in [-0.2, -0.15) is 4.98 Å². The van der Waals surface area contributed by atoms with E-state index in [0.29, 0.717) is 22.7 Å². The van der Waals surface area contributed by atoms with Gasteiger partial charge >= 0.3 is 0 Å². The van der Waals surface area contributed by atoms with Gasteiger partial charge in [0, 0.05) is 11.4 Å². The smallest absolute Gasteiger partial charge is 0.229 e. The second-order valence-corrected chi connectivity index (χ2v) is 8.68. The number of hydrogen-bond acceptors (Lipinski definition) is 5. The van der Waals surface area contributed by atoms with Gasteiger partial charge in [-0.25, -0.2) is 4.68 Å². The Labute approximate surface area is 180 Å². The van der Waals surface area contributed by atoms with E-state index >= 15 is 0 Å². The molecular weight excluding hydrogens is 394 g/mol. The molecule has 2 heterocycles. The minimum atomic E-state index is -0.615. The summed E-state index contributed by atoms with van der Waals surface area (Å²) in [6, 6.07) is 18.0. The van der Waals surface area contributed by atoms with Gasteiger partial charge in [-0.1, -0.05) is 86.8 Å². The first-order chi connectivity index (χ1) is 14.4. The first kappa shape index (κ1) is 20.2. The molecule has 1 aliphatic rings. The van der Waals surface area contributed by atoms with Crippen molar-refractivity contribution in [3.05, 3.63) is 83.6 Å². The molecule has 1 amide bonds. The fraction of sp³-hybridized carbons (Fsp3) is 0.261. The lowest BCUT2D eigenvalue weighted by molar-refractivity contribution is -0.121. The Morgan fingerprint density at radius 3 is 2.53 bits per heavy atom. The standard InChI is InChI=1S/C23H25N5OS/c1-14(2)17-9-11-18(12-10-17)20-19(21(24)29)15(3)25-22-26-23(27-28(20)22)30-13-16-7-5-4-6-8-16/h4-12,14,19-20H,3,13H2,1-2H3,(H2,24,29)(H,25,26,27)/t19-,20+/m0/s1. The Balaban J connectivity index is 1.68. The van der Waals surface area contributed by atoms with E-state index in [-0.39, 0.29) is 6.04 Å². The fourth-order valence-electron chi connectivity index (χ4n) is 3.66. The van der Waals surface area contributed by atoms with Crippen LogP contribution >= 0.6 is 11.8 Å². The third-order valence-corrected chi connectivity index (χ3v) is 6.21. The molecule has 0 spiro atoms. The van der Waals surface area contributed by atoms with Crippen LogP contribution in [0.3, 0.4) is 0 Å². The van der Waals surface area contributed by atoms with E-state index in [9.17, 15) is 4.79 Å². The number of nitrogens with zero attached hydrogens (tertiary/aromatic N) is 3. The number of primary amides is 1. The van der Waals surface area contributed by atoms with Crippen molar-refractivity contribution in [3.63, 3.8) is 0 Å². The van der Waals surface area contributed by atoms with E-state index in [1.807, 2.05) is 30.3 Å². The van der Waals surface area contributed by atoms with Gasteiger partial charge in [0.2, 0.25) is 17.0 Å². The molecule has 3 aromatic rings. The second kappa shape index (κ2) is 8.36. The number of anilines is 1. The summed E-state index contributed by atoms with van der Waals surface area (Å²) >= 11 is 1.55. The molecule has 0 radical (unpaired) electrons. The molecule has 0 unspecified atom stereocenters. The minimum absolute atomic E-state index is 0.383. The van der Waals surface area contributed by atoms with Crippen molar-refractivity contribution in [3.8, 4) is 0 Å². The van der Waals surface area contributed by atoms with Crippen molar-refractivity contribution in [2.24, 2.45) is 11.7 Å². The Bertz CT molecular complexity index is 1060. The highest BCUT2D eigenvalue weighted by Crippen LogP contribution is 2.38. The van der Waals surface area contributed by atoms with Crippen molar-refractivity contribution in [1.82, 2.24) is 14.8 Å². The van der Waals surface area contributed by atoms with E-state index < -0.39 is 11.8 Å². The molecule has 0 saturated heterocycles. The number of carbonyl (C=O) groups excluding carboxylic acids is 1. The number of nitrogens with two attached hydrogens (primary N) is 1. The lowest BCUT2D eigenvalue weighted by Gasteiger charge is -2.32. The van der Waals surface area contributed by atoms with Gasteiger partial charge in [0.1, 0.15) is 5.92 Å². The molecule has 1 aliphatic heterocycles. The fourth-order valence-corrected chi connectivity index (χ4v) is 4.44. The second-order valence-electron chi connectivity index (χ2n) is 7.73. The largest absolute Gasteiger partial charge is 0.369 e. The monoisotopic (exact) mass is 419 g/mol. The molecule has 7 heteroatoms. The quantitative estimate of drug-likeness (QED) is 0.581. The lowest BCUT2D eigenvalue weighted by atomic mass is 9.88. The minimum Gasteiger partial charge on any atom is -0.369 e. The van der Waals surface area contributed by atoms with Gasteiger partial charge < -0.3 is 11.1 Å². The number of rotatable bonds is 6. The Kier molecular flexibility index (Phi) is 5.63. The van der Waals surface area contributed by atoms with Crippen molar-refractivity contribution >= 4 is 23.6 Å². The average Bonchev–Trinajstić information content (AvgIpc) is 3.14. The first-order valence-corrected chi connectivity index (χ1v) is 10.9. The molecular formula is C23H25N5OS. The molecule has 2 aromatic carbocycles. The topological polar surface area (TPSA) is 85.8 Å². The molecule has 1 aromatic heterocycles. The van der Waals surface area contributed by atoms with E-state index in [1.165, 1.54) is 11.1 Å². The van der Waals surface area contributed by atoms with Gasteiger partial charge in [-0.3, -0.25) is 4.79 Å². The van der Waals surface area contributed by atoms with Crippen LogP contribution in [0.4, 0.5) is 5.95 Å². The van der Waals surface area contributed by atoms with Gasteiger partial charge in [-0.15, -0.1) is 5.10 Å². The summed E-state index contributed by atoms with van der Waals surface area (Å²) in [5, 5.41) is 8.47. The highest BCUT2D eigenvalue weighted by atomic mass is 32.2.